The number of aromatic nitrogens is 5. The third-order valence-corrected chi connectivity index (χ3v) is 14.0. The second-order valence-corrected chi connectivity index (χ2v) is 17.8. The minimum atomic E-state index is -0.513. The number of ether oxygens (including phenoxy) is 1. The van der Waals surface area contributed by atoms with E-state index in [1.807, 2.05) is 42.5 Å². The van der Waals surface area contributed by atoms with Crippen LogP contribution in [0.15, 0.2) is 102 Å². The molecular weight excluding hydrogens is 866 g/mol. The predicted molar refractivity (Wildman–Crippen MR) is 258 cm³/mol. The number of imide groups is 1. The van der Waals surface area contributed by atoms with Gasteiger partial charge in [-0.3, -0.25) is 34.6 Å². The second-order valence-electron chi connectivity index (χ2n) is 17.8. The molecule has 17 heteroatoms. The number of piperazine rings is 1. The number of carbonyl (C=O) groups excluding carboxylic acids is 3. The van der Waals surface area contributed by atoms with E-state index in [1.165, 1.54) is 22.4 Å². The molecule has 10 rings (SSSR count). The zero-order valence-corrected chi connectivity index (χ0v) is 38.5. The van der Waals surface area contributed by atoms with Crippen molar-refractivity contribution in [3.8, 4) is 34.0 Å². The lowest BCUT2D eigenvalue weighted by Gasteiger charge is -2.44. The quantitative estimate of drug-likeness (QED) is 0.149. The molecule has 0 aliphatic carbocycles. The van der Waals surface area contributed by atoms with Crippen molar-refractivity contribution in [2.75, 3.05) is 79.1 Å². The molecule has 350 valence electrons. The molecule has 6 aromatic rings. The lowest BCUT2D eigenvalue weighted by Crippen LogP contribution is -2.53. The van der Waals surface area contributed by atoms with E-state index in [1.54, 1.807) is 41.5 Å². The average molecular weight is 920 g/mol. The van der Waals surface area contributed by atoms with Gasteiger partial charge in [-0.25, -0.2) is 28.2 Å². The van der Waals surface area contributed by atoms with E-state index in [9.17, 15) is 19.2 Å². The molecule has 0 spiro atoms. The first-order valence-corrected chi connectivity index (χ1v) is 23.4. The number of hydrogen-bond donors (Lipinski definition) is 1. The zero-order chi connectivity index (χ0) is 47.1. The highest BCUT2D eigenvalue weighted by molar-refractivity contribution is 6.06. The smallest absolute Gasteiger partial charge is 0.353 e. The van der Waals surface area contributed by atoms with E-state index < -0.39 is 5.92 Å². The van der Waals surface area contributed by atoms with Crippen LogP contribution in [-0.2, 0) is 23.1 Å². The molecule has 1 atom stereocenters. The summed E-state index contributed by atoms with van der Waals surface area (Å²) in [5.74, 6) is -0.876. The van der Waals surface area contributed by atoms with Crippen LogP contribution in [0, 0.1) is 5.82 Å². The van der Waals surface area contributed by atoms with Crippen LogP contribution in [0.4, 0.5) is 32.1 Å². The largest absolute Gasteiger partial charge is 0.467 e. The van der Waals surface area contributed by atoms with Crippen LogP contribution in [0.1, 0.15) is 49.7 Å². The molecule has 68 heavy (non-hydrogen) atoms. The van der Waals surface area contributed by atoms with Gasteiger partial charge < -0.3 is 14.5 Å². The van der Waals surface area contributed by atoms with Gasteiger partial charge in [0.05, 0.1) is 36.3 Å². The van der Waals surface area contributed by atoms with Gasteiger partial charge in [0.1, 0.15) is 11.6 Å². The van der Waals surface area contributed by atoms with Gasteiger partial charge in [0.25, 0.3) is 0 Å². The highest BCUT2D eigenvalue weighted by atomic mass is 19.1. The summed E-state index contributed by atoms with van der Waals surface area (Å²) in [4.78, 5) is 70.8. The Morgan fingerprint density at radius 2 is 1.51 bits per heavy atom. The van der Waals surface area contributed by atoms with E-state index in [0.717, 1.165) is 78.2 Å². The maximum Gasteiger partial charge on any atom is 0.353 e. The predicted octanol–water partition coefficient (Wildman–Crippen LogP) is 6.16. The number of anilines is 4. The van der Waals surface area contributed by atoms with Gasteiger partial charge in [-0.15, -0.1) is 5.10 Å². The molecule has 1 N–H and O–H groups in total. The molecule has 16 nitrogen and oxygen atoms in total. The Morgan fingerprint density at radius 1 is 0.750 bits per heavy atom. The highest BCUT2D eigenvalue weighted by Gasteiger charge is 2.35. The van der Waals surface area contributed by atoms with Gasteiger partial charge in [-0.1, -0.05) is 31.2 Å². The number of nitrogens with zero attached hydrogens (tertiary/aromatic N) is 10. The summed E-state index contributed by atoms with van der Waals surface area (Å²) in [6.07, 6.45) is 8.43. The molecule has 4 fully saturated rings. The minimum Gasteiger partial charge on any atom is -0.467 e. The van der Waals surface area contributed by atoms with Crippen molar-refractivity contribution in [1.29, 1.82) is 0 Å². The Hall–Kier alpha value is -7.40. The molecule has 3 aromatic carbocycles. The molecule has 3 aromatic heterocycles. The van der Waals surface area contributed by atoms with Crippen LogP contribution in [0.5, 0.6) is 6.01 Å². The summed E-state index contributed by atoms with van der Waals surface area (Å²) < 4.78 is 23.7. The maximum absolute atomic E-state index is 15.5. The van der Waals surface area contributed by atoms with Gasteiger partial charge in [0.2, 0.25) is 11.8 Å². The highest BCUT2D eigenvalue weighted by Crippen LogP contribution is 2.40. The monoisotopic (exact) mass is 919 g/mol. The van der Waals surface area contributed by atoms with Gasteiger partial charge in [-0.2, -0.15) is 0 Å². The van der Waals surface area contributed by atoms with Crippen molar-refractivity contribution in [2.45, 2.75) is 51.0 Å². The fourth-order valence-corrected chi connectivity index (χ4v) is 10.4. The van der Waals surface area contributed by atoms with Crippen LogP contribution < -0.4 is 35.3 Å². The molecule has 7 heterocycles. The van der Waals surface area contributed by atoms with Gasteiger partial charge in [-0.05, 0) is 108 Å². The Kier molecular flexibility index (Phi) is 12.2. The van der Waals surface area contributed by atoms with Crippen LogP contribution in [0.25, 0.3) is 27.9 Å². The number of aryl methyl sites for hydroxylation is 1. The van der Waals surface area contributed by atoms with Crippen molar-refractivity contribution in [2.24, 2.45) is 7.05 Å². The number of benzene rings is 3. The summed E-state index contributed by atoms with van der Waals surface area (Å²) >= 11 is 0. The van der Waals surface area contributed by atoms with E-state index in [4.69, 9.17) is 9.72 Å². The molecule has 4 amide bonds. The molecule has 4 saturated heterocycles. The zero-order valence-electron chi connectivity index (χ0n) is 38.5. The van der Waals surface area contributed by atoms with E-state index in [0.29, 0.717) is 67.8 Å². The van der Waals surface area contributed by atoms with Crippen molar-refractivity contribution in [1.82, 2.24) is 34.5 Å². The van der Waals surface area contributed by atoms with Crippen LogP contribution in [0.3, 0.4) is 0 Å². The maximum atomic E-state index is 15.5. The number of amides is 4. The third-order valence-electron chi connectivity index (χ3n) is 14.0. The number of urea groups is 1. The van der Waals surface area contributed by atoms with E-state index >= 15 is 4.39 Å². The van der Waals surface area contributed by atoms with Crippen molar-refractivity contribution < 1.29 is 23.5 Å². The summed E-state index contributed by atoms with van der Waals surface area (Å²) in [7, 11) is 3.09. The SMILES string of the molecule is CCc1c(-c2ccc(-n3c(OC)nn(C)c3=O)cc2-c2ccc(N3CCC(N4CCN(c5ccc(C6CCC(=O)NC6=O)cc5F)CC4)CC3)cc2)ccnc1N1CCN(c2cccnc2)C1=O. The molecule has 0 radical (unpaired) electrons. The fourth-order valence-electron chi connectivity index (χ4n) is 10.4. The topological polar surface area (TPSA) is 154 Å². The number of halogens is 1. The summed E-state index contributed by atoms with van der Waals surface area (Å²) in [6, 6.07) is 25.7. The second kappa shape index (κ2) is 18.7. The lowest BCUT2D eigenvalue weighted by molar-refractivity contribution is -0.134. The lowest BCUT2D eigenvalue weighted by atomic mass is 9.90. The minimum absolute atomic E-state index is 0.150. The first kappa shape index (κ1) is 44.4. The summed E-state index contributed by atoms with van der Waals surface area (Å²) in [5, 5.41) is 6.66. The number of nitrogens with one attached hydrogen (secondary N) is 1. The van der Waals surface area contributed by atoms with Gasteiger partial charge in [0, 0.05) is 95.5 Å². The number of piperidine rings is 2. The summed E-state index contributed by atoms with van der Waals surface area (Å²) in [5.41, 5.74) is 7.95. The molecule has 4 aliphatic heterocycles. The fraction of sp³-hybridized carbons (Fsp3) is 0.353. The number of methoxy groups -OCH3 is 1. The number of rotatable bonds is 11. The third kappa shape index (κ3) is 8.35. The van der Waals surface area contributed by atoms with E-state index in [2.05, 4.69) is 61.3 Å². The van der Waals surface area contributed by atoms with Crippen LogP contribution in [0.2, 0.25) is 0 Å². The molecule has 1 unspecified atom stereocenters. The summed E-state index contributed by atoms with van der Waals surface area (Å²) in [6.45, 7) is 7.97. The molecular formula is C51H54FN11O5. The molecule has 0 saturated carbocycles. The Morgan fingerprint density at radius 3 is 2.22 bits per heavy atom. The van der Waals surface area contributed by atoms with E-state index in [-0.39, 0.29) is 41.8 Å². The standard InChI is InChI=1S/C51H54FN11O5/c1-4-39-42(17-21-54-47(39)62-29-28-61(51(62)67)38-6-5-20-53-32-38)41-13-12-37(63-49(68-3)56-57(2)50(63)66)31-43(41)33-7-10-35(11-8-33)58-22-18-36(19-23-58)59-24-26-60(27-25-59)45-15-9-34(30-44(45)52)40-14-16-46(64)55-48(40)65/h5-13,15,17,20-21,30-32,36,40H,4,14,16,18-19,22-29H2,1-3H3,(H,55,64,65). The molecule has 4 aliphatic rings. The van der Waals surface area contributed by atoms with Gasteiger partial charge in [0.15, 0.2) is 0 Å². The van der Waals surface area contributed by atoms with Crippen LogP contribution >= 0.6 is 0 Å². The van der Waals surface area contributed by atoms with Crippen molar-refractivity contribution >= 4 is 40.7 Å². The normalized spacial score (nSPS) is 18.4. The Bertz CT molecular complexity index is 2930. The van der Waals surface area contributed by atoms with Crippen LogP contribution in [-0.4, -0.2) is 113 Å². The van der Waals surface area contributed by atoms with Crippen molar-refractivity contribution in [3.05, 3.63) is 125 Å². The Balaban J connectivity index is 0.857. The van der Waals surface area contributed by atoms with Gasteiger partial charge >= 0.3 is 17.7 Å². The number of carbonyl (C=O) groups is 3. The first-order valence-electron chi connectivity index (χ1n) is 23.4. The Labute approximate surface area is 393 Å². The molecule has 0 bridgehead atoms. The first-order chi connectivity index (χ1) is 33.1. The number of pyridine rings is 2. The average Bonchev–Trinajstić information content (AvgIpc) is 3.90. The number of hydrogen-bond acceptors (Lipinski definition) is 11. The van der Waals surface area contributed by atoms with Crippen molar-refractivity contribution in [3.63, 3.8) is 0 Å².